The lowest BCUT2D eigenvalue weighted by Gasteiger charge is -2.13. The molecule has 8 heteroatoms. The minimum absolute atomic E-state index is 0.219. The van der Waals surface area contributed by atoms with Crippen molar-refractivity contribution in [2.75, 3.05) is 6.61 Å². The molecule has 1 heterocycles. The van der Waals surface area contributed by atoms with E-state index >= 15 is 0 Å². The van der Waals surface area contributed by atoms with Gasteiger partial charge >= 0.3 is 5.97 Å². The van der Waals surface area contributed by atoms with Crippen LogP contribution < -0.4 is 9.47 Å². The maximum absolute atomic E-state index is 12.9. The number of rotatable bonds is 7. The molecule has 0 aromatic heterocycles. The van der Waals surface area contributed by atoms with Crippen LogP contribution in [0.15, 0.2) is 71.6 Å². The minimum atomic E-state index is -0.490. The fourth-order valence-corrected chi connectivity index (χ4v) is 4.57. The minimum Gasteiger partial charge on any atom is -0.490 e. The molecule has 1 aliphatic rings. The lowest BCUT2D eigenvalue weighted by molar-refractivity contribution is -0.123. The van der Waals surface area contributed by atoms with Crippen LogP contribution in [-0.4, -0.2) is 28.6 Å². The number of nitrogens with zero attached hydrogens (tertiary/aromatic N) is 1. The van der Waals surface area contributed by atoms with E-state index in [1.165, 1.54) is 4.90 Å². The highest BCUT2D eigenvalue weighted by atomic mass is 127. The van der Waals surface area contributed by atoms with Crippen LogP contribution in [-0.2, 0) is 11.3 Å². The molecule has 3 aromatic carbocycles. The first-order valence-electron chi connectivity index (χ1n) is 10.9. The Bertz CT molecular complexity index is 1300. The maximum Gasteiger partial charge on any atom is 0.343 e. The zero-order valence-electron chi connectivity index (χ0n) is 19.1. The van der Waals surface area contributed by atoms with Gasteiger partial charge < -0.3 is 9.47 Å². The Morgan fingerprint density at radius 1 is 1.00 bits per heavy atom. The molecule has 6 nitrogen and oxygen atoms in total. The van der Waals surface area contributed by atoms with Gasteiger partial charge in [0, 0.05) is 3.57 Å². The monoisotopic (exact) mass is 599 g/mol. The number of imide groups is 1. The highest BCUT2D eigenvalue weighted by Gasteiger charge is 2.35. The first-order chi connectivity index (χ1) is 16.8. The molecule has 0 saturated carbocycles. The SMILES string of the molecule is CCOc1cc(/C=C2\SC(=O)N(Cc3ccc(I)cc3)C2=O)ccc1OC(=O)c1ccc(C)cc1. The van der Waals surface area contributed by atoms with Crippen molar-refractivity contribution in [3.8, 4) is 11.5 Å². The van der Waals surface area contributed by atoms with Crippen molar-refractivity contribution in [3.63, 3.8) is 0 Å². The van der Waals surface area contributed by atoms with E-state index in [0.29, 0.717) is 28.4 Å². The van der Waals surface area contributed by atoms with Crippen LogP contribution in [0.2, 0.25) is 0 Å². The second-order valence-corrected chi connectivity index (χ2v) is 10.0. The summed E-state index contributed by atoms with van der Waals surface area (Å²) in [6.45, 7) is 4.36. The molecule has 1 aliphatic heterocycles. The van der Waals surface area contributed by atoms with Crippen LogP contribution in [0, 0.1) is 10.5 Å². The summed E-state index contributed by atoms with van der Waals surface area (Å²) in [6.07, 6.45) is 1.65. The van der Waals surface area contributed by atoms with E-state index in [1.807, 2.05) is 50.2 Å². The van der Waals surface area contributed by atoms with Crippen LogP contribution in [0.3, 0.4) is 0 Å². The average molecular weight is 599 g/mol. The van der Waals surface area contributed by atoms with E-state index in [9.17, 15) is 14.4 Å². The Morgan fingerprint density at radius 3 is 2.40 bits per heavy atom. The molecular weight excluding hydrogens is 577 g/mol. The average Bonchev–Trinajstić information content (AvgIpc) is 3.10. The standard InChI is InChI=1S/C27H22INO5S/c1-3-33-23-14-19(8-13-22(23)34-26(31)20-9-4-17(2)5-10-20)15-24-25(30)29(27(32)35-24)16-18-6-11-21(28)12-7-18/h4-15H,3,16H2,1-2H3/b24-15-. The summed E-state index contributed by atoms with van der Waals surface area (Å²) in [6, 6.07) is 19.8. The van der Waals surface area contributed by atoms with Gasteiger partial charge in [0.2, 0.25) is 0 Å². The molecule has 1 saturated heterocycles. The Labute approximate surface area is 221 Å². The molecule has 3 aromatic rings. The van der Waals surface area contributed by atoms with Crippen molar-refractivity contribution >= 4 is 57.5 Å². The number of ether oxygens (including phenoxy) is 2. The molecule has 0 unspecified atom stereocenters. The molecule has 178 valence electrons. The molecule has 0 atom stereocenters. The van der Waals surface area contributed by atoms with Crippen LogP contribution in [0.25, 0.3) is 6.08 Å². The molecule has 35 heavy (non-hydrogen) atoms. The van der Waals surface area contributed by atoms with Gasteiger partial charge in [0.15, 0.2) is 11.5 Å². The lowest BCUT2D eigenvalue weighted by atomic mass is 10.1. The van der Waals surface area contributed by atoms with E-state index in [1.54, 1.807) is 36.4 Å². The highest BCUT2D eigenvalue weighted by Crippen LogP contribution is 2.35. The van der Waals surface area contributed by atoms with Crippen molar-refractivity contribution in [1.29, 1.82) is 0 Å². The number of hydrogen-bond acceptors (Lipinski definition) is 6. The third-order valence-corrected chi connectivity index (χ3v) is 6.81. The van der Waals surface area contributed by atoms with Crippen LogP contribution in [0.5, 0.6) is 11.5 Å². The fourth-order valence-electron chi connectivity index (χ4n) is 3.38. The van der Waals surface area contributed by atoms with Gasteiger partial charge in [-0.05, 0) is 102 Å². The Morgan fingerprint density at radius 2 is 1.71 bits per heavy atom. The van der Waals surface area contributed by atoms with Crippen LogP contribution in [0.1, 0.15) is 34.0 Å². The van der Waals surface area contributed by atoms with Gasteiger partial charge in [-0.1, -0.05) is 35.9 Å². The summed E-state index contributed by atoms with van der Waals surface area (Å²) >= 11 is 3.11. The summed E-state index contributed by atoms with van der Waals surface area (Å²) in [5, 5.41) is -0.312. The van der Waals surface area contributed by atoms with E-state index < -0.39 is 5.97 Å². The van der Waals surface area contributed by atoms with E-state index in [2.05, 4.69) is 22.6 Å². The molecule has 2 amide bonds. The third-order valence-electron chi connectivity index (χ3n) is 5.18. The normalized spacial score (nSPS) is 14.5. The van der Waals surface area contributed by atoms with Crippen molar-refractivity contribution in [1.82, 2.24) is 4.90 Å². The molecule has 1 fully saturated rings. The number of hydrogen-bond donors (Lipinski definition) is 0. The van der Waals surface area contributed by atoms with Crippen molar-refractivity contribution in [3.05, 3.63) is 97.5 Å². The maximum atomic E-state index is 12.9. The number of halogens is 1. The zero-order chi connectivity index (χ0) is 24.9. The van der Waals surface area contributed by atoms with E-state index in [4.69, 9.17) is 9.47 Å². The van der Waals surface area contributed by atoms with Gasteiger partial charge in [0.1, 0.15) is 0 Å². The molecule has 4 rings (SSSR count). The summed E-state index contributed by atoms with van der Waals surface area (Å²) in [4.78, 5) is 39.5. The largest absolute Gasteiger partial charge is 0.490 e. The number of aryl methyl sites for hydroxylation is 1. The lowest BCUT2D eigenvalue weighted by Crippen LogP contribution is -2.27. The second-order valence-electron chi connectivity index (χ2n) is 7.79. The van der Waals surface area contributed by atoms with Gasteiger partial charge in [-0.3, -0.25) is 14.5 Å². The van der Waals surface area contributed by atoms with Crippen molar-refractivity contribution in [2.45, 2.75) is 20.4 Å². The molecule has 0 spiro atoms. The first-order valence-corrected chi connectivity index (χ1v) is 12.8. The molecule has 0 bridgehead atoms. The quantitative estimate of drug-likeness (QED) is 0.135. The molecular formula is C27H22INO5S. The summed E-state index contributed by atoms with van der Waals surface area (Å²) in [5.74, 6) is -0.178. The number of esters is 1. The van der Waals surface area contributed by atoms with E-state index in [-0.39, 0.29) is 23.4 Å². The third kappa shape index (κ3) is 6.12. The molecule has 0 radical (unpaired) electrons. The van der Waals surface area contributed by atoms with Gasteiger partial charge in [0.05, 0.1) is 23.6 Å². The first kappa shape index (κ1) is 25.0. The van der Waals surface area contributed by atoms with Crippen LogP contribution in [0.4, 0.5) is 4.79 Å². The Balaban J connectivity index is 1.52. The summed E-state index contributed by atoms with van der Waals surface area (Å²) < 4.78 is 12.3. The predicted molar refractivity (Wildman–Crippen MR) is 144 cm³/mol. The highest BCUT2D eigenvalue weighted by molar-refractivity contribution is 14.1. The number of carbonyl (C=O) groups is 3. The van der Waals surface area contributed by atoms with E-state index in [0.717, 1.165) is 26.5 Å². The number of amides is 2. The smallest absolute Gasteiger partial charge is 0.343 e. The van der Waals surface area contributed by atoms with Gasteiger partial charge in [0.25, 0.3) is 11.1 Å². The second kappa shape index (κ2) is 11.1. The number of benzene rings is 3. The zero-order valence-corrected chi connectivity index (χ0v) is 22.1. The molecule has 0 N–H and O–H groups in total. The number of thioether (sulfide) groups is 1. The molecule has 0 aliphatic carbocycles. The van der Waals surface area contributed by atoms with Crippen molar-refractivity contribution < 1.29 is 23.9 Å². The predicted octanol–water partition coefficient (Wildman–Crippen LogP) is 6.45. The topological polar surface area (TPSA) is 72.9 Å². The van der Waals surface area contributed by atoms with Gasteiger partial charge in [-0.25, -0.2) is 4.79 Å². The summed E-state index contributed by atoms with van der Waals surface area (Å²) in [7, 11) is 0. The fraction of sp³-hybridized carbons (Fsp3) is 0.148. The number of carbonyl (C=O) groups excluding carboxylic acids is 3. The Hall–Kier alpha value is -3.11. The van der Waals surface area contributed by atoms with Gasteiger partial charge in [-0.15, -0.1) is 0 Å². The van der Waals surface area contributed by atoms with Crippen LogP contribution >= 0.6 is 34.4 Å². The van der Waals surface area contributed by atoms with Gasteiger partial charge in [-0.2, -0.15) is 0 Å². The summed E-state index contributed by atoms with van der Waals surface area (Å²) in [5.41, 5.74) is 3.02. The Kier molecular flexibility index (Phi) is 7.92. The van der Waals surface area contributed by atoms with Crippen molar-refractivity contribution in [2.24, 2.45) is 0 Å².